The molecular formula is C14H8ClN3O3S. The highest BCUT2D eigenvalue weighted by molar-refractivity contribution is 7.17. The van der Waals surface area contributed by atoms with E-state index in [1.165, 1.54) is 12.1 Å². The third-order valence-corrected chi connectivity index (χ3v) is 4.17. The first-order valence-corrected chi connectivity index (χ1v) is 7.34. The number of fused-ring (bicyclic) bond motifs is 1. The summed E-state index contributed by atoms with van der Waals surface area (Å²) < 4.78 is 0. The molecule has 3 rings (SSSR count). The van der Waals surface area contributed by atoms with E-state index in [0.29, 0.717) is 16.2 Å². The number of amides is 1. The van der Waals surface area contributed by atoms with Crippen molar-refractivity contribution in [2.24, 2.45) is 0 Å². The number of carbonyl (C=O) groups is 1. The second kappa shape index (κ2) is 5.70. The minimum absolute atomic E-state index is 0.0840. The second-order valence-corrected chi connectivity index (χ2v) is 5.88. The van der Waals surface area contributed by atoms with Crippen LogP contribution >= 0.6 is 22.9 Å². The van der Waals surface area contributed by atoms with Crippen molar-refractivity contribution in [1.82, 2.24) is 4.98 Å². The van der Waals surface area contributed by atoms with E-state index >= 15 is 0 Å². The van der Waals surface area contributed by atoms with E-state index in [9.17, 15) is 14.9 Å². The molecule has 0 saturated carbocycles. The highest BCUT2D eigenvalue weighted by Gasteiger charge is 2.16. The summed E-state index contributed by atoms with van der Waals surface area (Å²) in [6.07, 6.45) is 1.61. The van der Waals surface area contributed by atoms with Gasteiger partial charge in [0.15, 0.2) is 0 Å². The first-order valence-electron chi connectivity index (χ1n) is 6.14. The Bertz CT molecular complexity index is 894. The predicted octanol–water partition coefficient (Wildman–Crippen LogP) is 4.11. The molecule has 0 spiro atoms. The van der Waals surface area contributed by atoms with Crippen molar-refractivity contribution < 1.29 is 9.72 Å². The van der Waals surface area contributed by atoms with E-state index in [1.807, 2.05) is 6.07 Å². The van der Waals surface area contributed by atoms with Gasteiger partial charge in [0.1, 0.15) is 0 Å². The van der Waals surface area contributed by atoms with Crippen LogP contribution in [0.25, 0.3) is 10.9 Å². The molecule has 3 aromatic rings. The van der Waals surface area contributed by atoms with Gasteiger partial charge >= 0.3 is 5.00 Å². The second-order valence-electron chi connectivity index (χ2n) is 4.38. The Morgan fingerprint density at radius 2 is 2.14 bits per heavy atom. The highest BCUT2D eigenvalue weighted by Crippen LogP contribution is 2.28. The molecule has 22 heavy (non-hydrogen) atoms. The van der Waals surface area contributed by atoms with E-state index in [2.05, 4.69) is 10.3 Å². The summed E-state index contributed by atoms with van der Waals surface area (Å²) in [6, 6.07) is 9.66. The van der Waals surface area contributed by atoms with Crippen molar-refractivity contribution in [1.29, 1.82) is 0 Å². The molecule has 0 unspecified atom stereocenters. The van der Waals surface area contributed by atoms with Gasteiger partial charge in [-0.25, -0.2) is 0 Å². The van der Waals surface area contributed by atoms with Crippen molar-refractivity contribution in [2.75, 3.05) is 5.32 Å². The van der Waals surface area contributed by atoms with Gasteiger partial charge in [-0.2, -0.15) is 0 Å². The lowest BCUT2D eigenvalue weighted by molar-refractivity contribution is -0.380. The number of thiophene rings is 1. The average molecular weight is 334 g/mol. The van der Waals surface area contributed by atoms with E-state index in [4.69, 9.17) is 11.6 Å². The maximum absolute atomic E-state index is 12.2. The molecule has 1 amide bonds. The van der Waals surface area contributed by atoms with Gasteiger partial charge in [-0.3, -0.25) is 19.9 Å². The van der Waals surface area contributed by atoms with Crippen molar-refractivity contribution in [2.45, 2.75) is 0 Å². The van der Waals surface area contributed by atoms with Crippen molar-refractivity contribution >= 4 is 50.4 Å². The number of nitrogens with zero attached hydrogens (tertiary/aromatic N) is 2. The van der Waals surface area contributed by atoms with Crippen LogP contribution < -0.4 is 5.32 Å². The third-order valence-electron chi connectivity index (χ3n) is 2.91. The maximum Gasteiger partial charge on any atom is 0.324 e. The topological polar surface area (TPSA) is 85.1 Å². The van der Waals surface area contributed by atoms with E-state index in [0.717, 1.165) is 16.7 Å². The summed E-state index contributed by atoms with van der Waals surface area (Å²) in [5, 5.41) is 14.5. The molecule has 0 aliphatic rings. The zero-order chi connectivity index (χ0) is 15.7. The van der Waals surface area contributed by atoms with E-state index in [-0.39, 0.29) is 9.88 Å². The molecule has 2 heterocycles. The first-order chi connectivity index (χ1) is 10.5. The van der Waals surface area contributed by atoms with Crippen LogP contribution in [0.15, 0.2) is 42.6 Å². The minimum Gasteiger partial charge on any atom is -0.319 e. The fourth-order valence-corrected chi connectivity index (χ4v) is 2.93. The number of anilines is 1. The Hall–Kier alpha value is -2.51. The van der Waals surface area contributed by atoms with Gasteiger partial charge in [0, 0.05) is 22.7 Å². The summed E-state index contributed by atoms with van der Waals surface area (Å²) >= 11 is 6.85. The zero-order valence-electron chi connectivity index (χ0n) is 10.9. The maximum atomic E-state index is 12.2. The number of pyridine rings is 1. The molecule has 0 atom stereocenters. The number of benzene rings is 1. The molecule has 8 heteroatoms. The Kier molecular flexibility index (Phi) is 3.74. The normalized spacial score (nSPS) is 10.6. The van der Waals surface area contributed by atoms with Crippen LogP contribution in [-0.4, -0.2) is 15.8 Å². The van der Waals surface area contributed by atoms with Crippen LogP contribution in [0.1, 0.15) is 9.67 Å². The lowest BCUT2D eigenvalue weighted by Gasteiger charge is -2.07. The van der Waals surface area contributed by atoms with Crippen LogP contribution in [0.4, 0.5) is 10.7 Å². The summed E-state index contributed by atoms with van der Waals surface area (Å²) in [4.78, 5) is 26.8. The zero-order valence-corrected chi connectivity index (χ0v) is 12.5. The number of carbonyl (C=O) groups excluding carboxylic acids is 1. The largest absolute Gasteiger partial charge is 0.324 e. The van der Waals surface area contributed by atoms with Crippen LogP contribution in [0.5, 0.6) is 0 Å². The Labute approximate surface area is 133 Å². The number of hydrogen-bond donors (Lipinski definition) is 1. The molecule has 110 valence electrons. The molecule has 6 nitrogen and oxygen atoms in total. The van der Waals surface area contributed by atoms with Gasteiger partial charge in [-0.05, 0) is 24.3 Å². The van der Waals surface area contributed by atoms with E-state index in [1.54, 1.807) is 24.4 Å². The summed E-state index contributed by atoms with van der Waals surface area (Å²) in [7, 11) is 0. The van der Waals surface area contributed by atoms with Gasteiger partial charge in [-0.15, -0.1) is 0 Å². The summed E-state index contributed by atoms with van der Waals surface area (Å²) in [5.41, 5.74) is 1.07. The first kappa shape index (κ1) is 14.4. The molecule has 1 N–H and O–H groups in total. The molecule has 0 fully saturated rings. The van der Waals surface area contributed by atoms with Gasteiger partial charge in [0.2, 0.25) is 0 Å². The molecule has 1 aromatic carbocycles. The van der Waals surface area contributed by atoms with Gasteiger partial charge in [0.05, 0.1) is 21.0 Å². The number of halogens is 1. The Morgan fingerprint density at radius 3 is 2.86 bits per heavy atom. The fourth-order valence-electron chi connectivity index (χ4n) is 1.98. The number of rotatable bonds is 3. The monoisotopic (exact) mass is 333 g/mol. The number of hydrogen-bond acceptors (Lipinski definition) is 5. The number of nitro groups is 1. The van der Waals surface area contributed by atoms with Crippen molar-refractivity contribution in [3.63, 3.8) is 0 Å². The lowest BCUT2D eigenvalue weighted by Crippen LogP contribution is -2.10. The summed E-state index contributed by atoms with van der Waals surface area (Å²) in [6.45, 7) is 0. The minimum atomic E-state index is -0.530. The molecule has 0 saturated heterocycles. The molecule has 0 aliphatic carbocycles. The van der Waals surface area contributed by atoms with Crippen LogP contribution in [-0.2, 0) is 0 Å². The van der Waals surface area contributed by atoms with Gasteiger partial charge < -0.3 is 5.32 Å². The summed E-state index contributed by atoms with van der Waals surface area (Å²) in [5.74, 6) is -0.438. The number of aromatic nitrogens is 1. The Balaban J connectivity index is 1.95. The van der Waals surface area contributed by atoms with Crippen LogP contribution in [0.2, 0.25) is 5.02 Å². The van der Waals surface area contributed by atoms with Crippen LogP contribution in [0, 0.1) is 10.1 Å². The lowest BCUT2D eigenvalue weighted by atomic mass is 10.2. The van der Waals surface area contributed by atoms with Crippen molar-refractivity contribution in [3.8, 4) is 0 Å². The molecule has 0 bridgehead atoms. The number of nitrogens with one attached hydrogen (secondary N) is 1. The van der Waals surface area contributed by atoms with Gasteiger partial charge in [0.25, 0.3) is 5.91 Å². The Morgan fingerprint density at radius 1 is 1.32 bits per heavy atom. The standard InChI is InChI=1S/C14H8ClN3O3S/c15-9-6-8-2-1-5-16-13(8)10(7-9)17-14(19)11-3-4-12(22-11)18(20)21/h1-7H,(H,17,19). The predicted molar refractivity (Wildman–Crippen MR) is 85.7 cm³/mol. The third kappa shape index (κ3) is 2.76. The molecule has 2 aromatic heterocycles. The smallest absolute Gasteiger partial charge is 0.319 e. The van der Waals surface area contributed by atoms with Crippen molar-refractivity contribution in [3.05, 3.63) is 62.6 Å². The SMILES string of the molecule is O=C(Nc1cc(Cl)cc2cccnc12)c1ccc([N+](=O)[O-])s1. The average Bonchev–Trinajstić information content (AvgIpc) is 2.97. The quantitative estimate of drug-likeness (QED) is 0.577. The van der Waals surface area contributed by atoms with Gasteiger partial charge in [-0.1, -0.05) is 29.0 Å². The van der Waals surface area contributed by atoms with E-state index < -0.39 is 10.8 Å². The molecule has 0 aliphatic heterocycles. The highest BCUT2D eigenvalue weighted by atomic mass is 35.5. The fraction of sp³-hybridized carbons (Fsp3) is 0. The molecular weight excluding hydrogens is 326 g/mol. The van der Waals surface area contributed by atoms with Crippen LogP contribution in [0.3, 0.4) is 0 Å². The molecule has 0 radical (unpaired) electrons.